The molecule has 2 nitrogen and oxygen atoms in total. The highest BCUT2D eigenvalue weighted by atomic mass is 35.5. The van der Waals surface area contributed by atoms with Crippen molar-refractivity contribution in [3.63, 3.8) is 0 Å². The van der Waals surface area contributed by atoms with E-state index in [1.807, 2.05) is 0 Å². The molecule has 1 aliphatic carbocycles. The molecule has 1 heterocycles. The Morgan fingerprint density at radius 1 is 1.58 bits per heavy atom. The monoisotopic (exact) mass is 186 g/mol. The largest absolute Gasteiger partial charge is 0.353 e. The van der Waals surface area contributed by atoms with Crippen molar-refractivity contribution in [3.05, 3.63) is 24.0 Å². The Labute approximate surface area is 79.4 Å². The zero-order valence-corrected chi connectivity index (χ0v) is 8.10. The molecule has 0 spiro atoms. The van der Waals surface area contributed by atoms with Crippen molar-refractivity contribution in [3.8, 4) is 0 Å². The maximum Gasteiger partial charge on any atom is 0.0361 e. The zero-order valence-electron chi connectivity index (χ0n) is 7.29. The molecule has 68 valence electrons. The van der Waals surface area contributed by atoms with Crippen LogP contribution in [0.5, 0.6) is 0 Å². The fraction of sp³-hybridized carbons (Fsp3) is 0.556. The molecule has 0 radical (unpaired) electrons. The van der Waals surface area contributed by atoms with Crippen LogP contribution in [-0.2, 0) is 13.6 Å². The minimum atomic E-state index is 0. The zero-order chi connectivity index (χ0) is 7.68. The van der Waals surface area contributed by atoms with Crippen molar-refractivity contribution in [1.82, 2.24) is 9.88 Å². The van der Waals surface area contributed by atoms with Crippen LogP contribution in [0.2, 0.25) is 0 Å². The van der Waals surface area contributed by atoms with Gasteiger partial charge in [-0.2, -0.15) is 0 Å². The molecule has 1 fully saturated rings. The summed E-state index contributed by atoms with van der Waals surface area (Å²) in [4.78, 5) is 0. The summed E-state index contributed by atoms with van der Waals surface area (Å²) in [7, 11) is 2.09. The van der Waals surface area contributed by atoms with Gasteiger partial charge in [-0.15, -0.1) is 12.4 Å². The van der Waals surface area contributed by atoms with E-state index in [4.69, 9.17) is 0 Å². The lowest BCUT2D eigenvalue weighted by Crippen LogP contribution is -2.16. The third kappa shape index (κ3) is 2.26. The van der Waals surface area contributed by atoms with Crippen LogP contribution in [0.4, 0.5) is 0 Å². The number of nitrogens with one attached hydrogen (secondary N) is 1. The summed E-state index contributed by atoms with van der Waals surface area (Å²) in [5, 5.41) is 3.48. The van der Waals surface area contributed by atoms with Gasteiger partial charge in [0.25, 0.3) is 0 Å². The Hall–Kier alpha value is -0.470. The second kappa shape index (κ2) is 3.97. The molecule has 1 aromatic heterocycles. The second-order valence-electron chi connectivity index (χ2n) is 3.27. The van der Waals surface area contributed by atoms with Crippen LogP contribution in [-0.4, -0.2) is 10.6 Å². The fourth-order valence-corrected chi connectivity index (χ4v) is 1.22. The fourth-order valence-electron chi connectivity index (χ4n) is 1.22. The van der Waals surface area contributed by atoms with Crippen molar-refractivity contribution in [1.29, 1.82) is 0 Å². The van der Waals surface area contributed by atoms with Gasteiger partial charge in [0.1, 0.15) is 0 Å². The normalized spacial score (nSPS) is 15.8. The lowest BCUT2D eigenvalue weighted by molar-refractivity contribution is 0.651. The minimum Gasteiger partial charge on any atom is -0.353 e. The van der Waals surface area contributed by atoms with Crippen molar-refractivity contribution in [2.75, 3.05) is 0 Å². The predicted molar refractivity (Wildman–Crippen MR) is 52.5 cm³/mol. The number of rotatable bonds is 3. The minimum absolute atomic E-state index is 0. The van der Waals surface area contributed by atoms with Gasteiger partial charge >= 0.3 is 0 Å². The van der Waals surface area contributed by atoms with Crippen molar-refractivity contribution in [2.24, 2.45) is 7.05 Å². The average Bonchev–Trinajstić information content (AvgIpc) is 2.73. The molecule has 12 heavy (non-hydrogen) atoms. The summed E-state index contributed by atoms with van der Waals surface area (Å²) in [5.41, 5.74) is 1.37. The standard InChI is InChI=1S/C9H14N2.ClH/c1-11-6-2-3-9(11)7-10-8-4-5-8;/h2-3,6,8,10H,4-5,7H2,1H3;1H. The molecule has 0 aromatic carbocycles. The lowest BCUT2D eigenvalue weighted by Gasteiger charge is -2.03. The first-order valence-corrected chi connectivity index (χ1v) is 4.20. The van der Waals surface area contributed by atoms with Crippen LogP contribution in [0.3, 0.4) is 0 Å². The van der Waals surface area contributed by atoms with E-state index >= 15 is 0 Å². The van der Waals surface area contributed by atoms with Crippen LogP contribution in [0.1, 0.15) is 18.5 Å². The van der Waals surface area contributed by atoms with Gasteiger partial charge in [-0.1, -0.05) is 0 Å². The molecule has 0 unspecified atom stereocenters. The highest BCUT2D eigenvalue weighted by Gasteiger charge is 2.20. The third-order valence-electron chi connectivity index (χ3n) is 2.20. The van der Waals surface area contributed by atoms with Gasteiger partial charge in [-0.25, -0.2) is 0 Å². The molecule has 0 aliphatic heterocycles. The predicted octanol–water partition coefficient (Wildman–Crippen LogP) is 1.70. The van der Waals surface area contributed by atoms with E-state index in [9.17, 15) is 0 Å². The summed E-state index contributed by atoms with van der Waals surface area (Å²) in [5.74, 6) is 0. The molecule has 3 heteroatoms. The number of nitrogens with zero attached hydrogens (tertiary/aromatic N) is 1. The molecular formula is C9H15ClN2. The smallest absolute Gasteiger partial charge is 0.0361 e. The van der Waals surface area contributed by atoms with E-state index in [0.29, 0.717) is 0 Å². The molecule has 0 atom stereocenters. The van der Waals surface area contributed by atoms with E-state index in [1.54, 1.807) is 0 Å². The molecule has 0 bridgehead atoms. The lowest BCUT2D eigenvalue weighted by atomic mass is 10.4. The Kier molecular flexibility index (Phi) is 3.18. The van der Waals surface area contributed by atoms with Crippen LogP contribution >= 0.6 is 12.4 Å². The van der Waals surface area contributed by atoms with Crippen LogP contribution in [0, 0.1) is 0 Å². The molecule has 1 saturated carbocycles. The average molecular weight is 187 g/mol. The van der Waals surface area contributed by atoms with Gasteiger partial charge < -0.3 is 9.88 Å². The first-order valence-electron chi connectivity index (χ1n) is 4.20. The number of aromatic nitrogens is 1. The van der Waals surface area contributed by atoms with Gasteiger partial charge in [0.2, 0.25) is 0 Å². The van der Waals surface area contributed by atoms with E-state index in [2.05, 4.69) is 35.3 Å². The van der Waals surface area contributed by atoms with Gasteiger partial charge in [-0.3, -0.25) is 0 Å². The van der Waals surface area contributed by atoms with Gasteiger partial charge in [0.05, 0.1) is 0 Å². The summed E-state index contributed by atoms with van der Waals surface area (Å²) < 4.78 is 2.16. The van der Waals surface area contributed by atoms with Crippen LogP contribution in [0.15, 0.2) is 18.3 Å². The SMILES string of the molecule is Cl.Cn1cccc1CNC1CC1. The topological polar surface area (TPSA) is 17.0 Å². The molecule has 0 amide bonds. The van der Waals surface area contributed by atoms with Crippen molar-refractivity contribution >= 4 is 12.4 Å². The van der Waals surface area contributed by atoms with E-state index in [-0.39, 0.29) is 12.4 Å². The Morgan fingerprint density at radius 2 is 2.33 bits per heavy atom. The third-order valence-corrected chi connectivity index (χ3v) is 2.20. The number of aryl methyl sites for hydroxylation is 1. The Bertz CT molecular complexity index is 240. The van der Waals surface area contributed by atoms with Gasteiger partial charge in [0, 0.05) is 31.5 Å². The summed E-state index contributed by atoms with van der Waals surface area (Å²) in [6.07, 6.45) is 4.82. The second-order valence-corrected chi connectivity index (χ2v) is 3.27. The maximum absolute atomic E-state index is 3.48. The molecule has 2 rings (SSSR count). The Morgan fingerprint density at radius 3 is 2.83 bits per heavy atom. The number of hydrogen-bond donors (Lipinski definition) is 1. The Balaban J connectivity index is 0.000000720. The summed E-state index contributed by atoms with van der Waals surface area (Å²) in [6, 6.07) is 5.06. The van der Waals surface area contributed by atoms with E-state index in [0.717, 1.165) is 12.6 Å². The first kappa shape index (κ1) is 9.62. The number of halogens is 1. The van der Waals surface area contributed by atoms with Crippen LogP contribution < -0.4 is 5.32 Å². The molecular weight excluding hydrogens is 172 g/mol. The molecule has 0 saturated heterocycles. The van der Waals surface area contributed by atoms with Gasteiger partial charge in [-0.05, 0) is 25.0 Å². The molecule has 1 aliphatic rings. The van der Waals surface area contributed by atoms with Crippen LogP contribution in [0.25, 0.3) is 0 Å². The molecule has 1 aromatic rings. The van der Waals surface area contributed by atoms with Gasteiger partial charge in [0.15, 0.2) is 0 Å². The maximum atomic E-state index is 3.48. The summed E-state index contributed by atoms with van der Waals surface area (Å²) >= 11 is 0. The molecule has 1 N–H and O–H groups in total. The first-order chi connectivity index (χ1) is 5.36. The summed E-state index contributed by atoms with van der Waals surface area (Å²) in [6.45, 7) is 1.02. The van der Waals surface area contributed by atoms with E-state index < -0.39 is 0 Å². The highest BCUT2D eigenvalue weighted by molar-refractivity contribution is 5.85. The van der Waals surface area contributed by atoms with Crippen molar-refractivity contribution < 1.29 is 0 Å². The number of hydrogen-bond acceptors (Lipinski definition) is 1. The van der Waals surface area contributed by atoms with E-state index in [1.165, 1.54) is 18.5 Å². The van der Waals surface area contributed by atoms with Crippen molar-refractivity contribution in [2.45, 2.75) is 25.4 Å². The quantitative estimate of drug-likeness (QED) is 0.761. The highest BCUT2D eigenvalue weighted by Crippen LogP contribution is 2.19.